The van der Waals surface area contributed by atoms with Gasteiger partial charge in [-0.1, -0.05) is 6.92 Å². The summed E-state index contributed by atoms with van der Waals surface area (Å²) in [6.07, 6.45) is 7.82. The van der Waals surface area contributed by atoms with Crippen LogP contribution in [-0.4, -0.2) is 21.7 Å². The van der Waals surface area contributed by atoms with Gasteiger partial charge in [-0.25, -0.2) is 0 Å². The maximum absolute atomic E-state index is 11.8. The molecule has 0 aromatic carbocycles. The summed E-state index contributed by atoms with van der Waals surface area (Å²) in [5.74, 6) is 0.821. The predicted octanol–water partition coefficient (Wildman–Crippen LogP) is 1.16. The molecule has 1 aliphatic carbocycles. The Balaban J connectivity index is 1.77. The first-order valence-corrected chi connectivity index (χ1v) is 6.21. The number of nitrogens with one attached hydrogen (secondary N) is 1. The monoisotopic (exact) mass is 236 g/mol. The zero-order valence-electron chi connectivity index (χ0n) is 10.2. The lowest BCUT2D eigenvalue weighted by Crippen LogP contribution is -2.39. The average Bonchev–Trinajstić information content (AvgIpc) is 2.67. The largest absolute Gasteiger partial charge is 0.396 e. The topological polar surface area (TPSA) is 72.9 Å². The fourth-order valence-corrected chi connectivity index (χ4v) is 2.29. The van der Waals surface area contributed by atoms with Gasteiger partial charge in [0.05, 0.1) is 11.9 Å². The van der Waals surface area contributed by atoms with E-state index in [1.54, 1.807) is 17.1 Å². The highest BCUT2D eigenvalue weighted by molar-refractivity contribution is 5.76. The molecule has 0 bridgehead atoms. The average molecular weight is 236 g/mol. The summed E-state index contributed by atoms with van der Waals surface area (Å²) in [6, 6.07) is 0.339. The molecule has 5 heteroatoms. The zero-order chi connectivity index (χ0) is 12.3. The summed E-state index contributed by atoms with van der Waals surface area (Å²) in [6.45, 7) is 2.52. The Morgan fingerprint density at radius 3 is 2.82 bits per heavy atom. The third-order valence-corrected chi connectivity index (χ3v) is 3.34. The standard InChI is InChI=1S/C12H20N4O/c1-9-2-4-11(5-3-9)15-12(17)8-16-7-10(13)6-14-16/h6-7,9,11H,2-5,8,13H2,1H3,(H,15,17). The summed E-state index contributed by atoms with van der Waals surface area (Å²) in [5.41, 5.74) is 6.13. The van der Waals surface area contributed by atoms with Crippen LogP contribution in [-0.2, 0) is 11.3 Å². The van der Waals surface area contributed by atoms with Gasteiger partial charge in [-0.2, -0.15) is 5.10 Å². The first-order chi connectivity index (χ1) is 8.13. The van der Waals surface area contributed by atoms with Gasteiger partial charge in [0.15, 0.2) is 0 Å². The number of rotatable bonds is 3. The first-order valence-electron chi connectivity index (χ1n) is 6.21. The van der Waals surface area contributed by atoms with Crippen LogP contribution in [0, 0.1) is 5.92 Å². The molecule has 2 rings (SSSR count). The highest BCUT2D eigenvalue weighted by atomic mass is 16.2. The number of carbonyl (C=O) groups excluding carboxylic acids is 1. The van der Waals surface area contributed by atoms with E-state index in [1.165, 1.54) is 12.8 Å². The smallest absolute Gasteiger partial charge is 0.241 e. The number of amides is 1. The van der Waals surface area contributed by atoms with Gasteiger partial charge in [0.2, 0.25) is 5.91 Å². The van der Waals surface area contributed by atoms with Crippen LogP contribution in [0.25, 0.3) is 0 Å². The Bertz CT molecular complexity index is 380. The number of hydrogen-bond donors (Lipinski definition) is 2. The van der Waals surface area contributed by atoms with E-state index in [4.69, 9.17) is 5.73 Å². The summed E-state index contributed by atoms with van der Waals surface area (Å²) in [7, 11) is 0. The second-order valence-corrected chi connectivity index (χ2v) is 5.00. The molecule has 0 spiro atoms. The van der Waals surface area contributed by atoms with E-state index in [1.807, 2.05) is 0 Å². The van der Waals surface area contributed by atoms with E-state index in [0.29, 0.717) is 11.7 Å². The van der Waals surface area contributed by atoms with Crippen LogP contribution in [0.1, 0.15) is 32.6 Å². The van der Waals surface area contributed by atoms with Gasteiger partial charge in [-0.15, -0.1) is 0 Å². The van der Waals surface area contributed by atoms with Crippen molar-refractivity contribution in [3.8, 4) is 0 Å². The molecule has 3 N–H and O–H groups in total. The number of nitrogens with zero attached hydrogens (tertiary/aromatic N) is 2. The third-order valence-electron chi connectivity index (χ3n) is 3.34. The lowest BCUT2D eigenvalue weighted by atomic mass is 9.87. The Morgan fingerprint density at radius 2 is 2.24 bits per heavy atom. The predicted molar refractivity (Wildman–Crippen MR) is 66.2 cm³/mol. The van der Waals surface area contributed by atoms with Crippen LogP contribution >= 0.6 is 0 Å². The molecule has 94 valence electrons. The molecule has 1 heterocycles. The third kappa shape index (κ3) is 3.47. The maximum atomic E-state index is 11.8. The van der Waals surface area contributed by atoms with Gasteiger partial charge in [0.25, 0.3) is 0 Å². The molecule has 0 aliphatic heterocycles. The molecule has 0 radical (unpaired) electrons. The minimum Gasteiger partial charge on any atom is -0.396 e. The van der Waals surface area contributed by atoms with Crippen LogP contribution in [0.4, 0.5) is 5.69 Å². The van der Waals surface area contributed by atoms with E-state index in [9.17, 15) is 4.79 Å². The summed E-state index contributed by atoms with van der Waals surface area (Å²) < 4.78 is 1.57. The highest BCUT2D eigenvalue weighted by Crippen LogP contribution is 2.23. The number of nitrogen functional groups attached to an aromatic ring is 1. The van der Waals surface area contributed by atoms with E-state index in [2.05, 4.69) is 17.3 Å². The SMILES string of the molecule is CC1CCC(NC(=O)Cn2cc(N)cn2)CC1. The van der Waals surface area contributed by atoms with Gasteiger partial charge >= 0.3 is 0 Å². The minimum absolute atomic E-state index is 0.0210. The molecule has 17 heavy (non-hydrogen) atoms. The number of nitrogens with two attached hydrogens (primary N) is 1. The Hall–Kier alpha value is -1.52. The number of anilines is 1. The fraction of sp³-hybridized carbons (Fsp3) is 0.667. The van der Waals surface area contributed by atoms with E-state index < -0.39 is 0 Å². The number of carbonyl (C=O) groups is 1. The van der Waals surface area contributed by atoms with Gasteiger partial charge in [-0.3, -0.25) is 9.48 Å². The Morgan fingerprint density at radius 1 is 1.53 bits per heavy atom. The molecular formula is C12H20N4O. The quantitative estimate of drug-likeness (QED) is 0.827. The lowest BCUT2D eigenvalue weighted by Gasteiger charge is -2.26. The van der Waals surface area contributed by atoms with Crippen molar-refractivity contribution in [1.82, 2.24) is 15.1 Å². The molecule has 0 unspecified atom stereocenters. The van der Waals surface area contributed by atoms with E-state index >= 15 is 0 Å². The van der Waals surface area contributed by atoms with Crippen molar-refractivity contribution in [2.75, 3.05) is 5.73 Å². The molecule has 5 nitrogen and oxygen atoms in total. The summed E-state index contributed by atoms with van der Waals surface area (Å²) >= 11 is 0. The normalized spacial score (nSPS) is 24.5. The molecule has 1 fully saturated rings. The van der Waals surface area contributed by atoms with Crippen molar-refractivity contribution in [3.05, 3.63) is 12.4 Å². The van der Waals surface area contributed by atoms with Crippen molar-refractivity contribution in [3.63, 3.8) is 0 Å². The van der Waals surface area contributed by atoms with Crippen molar-refractivity contribution < 1.29 is 4.79 Å². The molecule has 1 aromatic heterocycles. The molecule has 0 saturated heterocycles. The second-order valence-electron chi connectivity index (χ2n) is 5.00. The highest BCUT2D eigenvalue weighted by Gasteiger charge is 2.19. The molecule has 1 amide bonds. The maximum Gasteiger partial charge on any atom is 0.241 e. The summed E-state index contributed by atoms with van der Waals surface area (Å²) in [5, 5.41) is 7.05. The zero-order valence-corrected chi connectivity index (χ0v) is 10.2. The molecule has 1 aromatic rings. The molecule has 0 atom stereocenters. The summed E-state index contributed by atoms with van der Waals surface area (Å²) in [4.78, 5) is 11.8. The Kier molecular flexibility index (Phi) is 3.66. The fourth-order valence-electron chi connectivity index (χ4n) is 2.29. The van der Waals surface area contributed by atoms with Crippen LogP contribution < -0.4 is 11.1 Å². The Labute approximate surface area is 101 Å². The van der Waals surface area contributed by atoms with Crippen LogP contribution in [0.15, 0.2) is 12.4 Å². The van der Waals surface area contributed by atoms with Gasteiger partial charge in [-0.05, 0) is 31.6 Å². The molecule has 1 saturated carbocycles. The molecule has 1 aliphatic rings. The van der Waals surface area contributed by atoms with Crippen molar-refractivity contribution >= 4 is 11.6 Å². The van der Waals surface area contributed by atoms with Crippen LogP contribution in [0.3, 0.4) is 0 Å². The van der Waals surface area contributed by atoms with Crippen LogP contribution in [0.5, 0.6) is 0 Å². The van der Waals surface area contributed by atoms with E-state index in [-0.39, 0.29) is 12.5 Å². The van der Waals surface area contributed by atoms with Crippen molar-refractivity contribution in [1.29, 1.82) is 0 Å². The lowest BCUT2D eigenvalue weighted by molar-refractivity contribution is -0.122. The second kappa shape index (κ2) is 5.21. The molecular weight excluding hydrogens is 216 g/mol. The van der Waals surface area contributed by atoms with Crippen LogP contribution in [0.2, 0.25) is 0 Å². The number of aromatic nitrogens is 2. The van der Waals surface area contributed by atoms with E-state index in [0.717, 1.165) is 18.8 Å². The van der Waals surface area contributed by atoms with Crippen molar-refractivity contribution in [2.45, 2.75) is 45.2 Å². The van der Waals surface area contributed by atoms with Gasteiger partial charge in [0, 0.05) is 12.2 Å². The van der Waals surface area contributed by atoms with Crippen molar-refractivity contribution in [2.24, 2.45) is 5.92 Å². The minimum atomic E-state index is 0.0210. The van der Waals surface area contributed by atoms with Gasteiger partial charge in [0.1, 0.15) is 6.54 Å². The van der Waals surface area contributed by atoms with Gasteiger partial charge < -0.3 is 11.1 Å². The number of hydrogen-bond acceptors (Lipinski definition) is 3. The first kappa shape index (κ1) is 12.0.